The lowest BCUT2D eigenvalue weighted by molar-refractivity contribution is 0.228. The highest BCUT2D eigenvalue weighted by Crippen LogP contribution is 2.26. The SMILES string of the molecule is Cc1c(CN2CCNCC2)n(C)c2cc(F)ccc12. The quantitative estimate of drug-likeness (QED) is 0.892. The first kappa shape index (κ1) is 12.6. The van der Waals surface area contributed by atoms with Gasteiger partial charge in [-0.25, -0.2) is 4.39 Å². The maximum absolute atomic E-state index is 13.4. The van der Waals surface area contributed by atoms with Gasteiger partial charge >= 0.3 is 0 Å². The Labute approximate surface area is 113 Å². The molecular weight excluding hydrogens is 241 g/mol. The second kappa shape index (κ2) is 4.94. The highest BCUT2D eigenvalue weighted by molar-refractivity contribution is 5.85. The van der Waals surface area contributed by atoms with E-state index in [9.17, 15) is 4.39 Å². The molecule has 1 fully saturated rings. The Balaban J connectivity index is 1.98. The third-order valence-electron chi connectivity index (χ3n) is 4.15. The molecule has 0 amide bonds. The van der Waals surface area contributed by atoms with E-state index in [2.05, 4.69) is 21.7 Å². The number of fused-ring (bicyclic) bond motifs is 1. The molecule has 0 bridgehead atoms. The highest BCUT2D eigenvalue weighted by atomic mass is 19.1. The van der Waals surface area contributed by atoms with Crippen LogP contribution in [0.5, 0.6) is 0 Å². The van der Waals surface area contributed by atoms with E-state index in [4.69, 9.17) is 0 Å². The lowest BCUT2D eigenvalue weighted by Crippen LogP contribution is -2.43. The van der Waals surface area contributed by atoms with E-state index in [0.29, 0.717) is 0 Å². The van der Waals surface area contributed by atoms with Gasteiger partial charge in [0.15, 0.2) is 0 Å². The topological polar surface area (TPSA) is 20.2 Å². The molecule has 0 radical (unpaired) electrons. The molecule has 19 heavy (non-hydrogen) atoms. The van der Waals surface area contributed by atoms with E-state index in [1.54, 1.807) is 12.1 Å². The molecule has 0 spiro atoms. The first-order valence-electron chi connectivity index (χ1n) is 6.83. The van der Waals surface area contributed by atoms with Crippen LogP contribution in [0.3, 0.4) is 0 Å². The number of hydrogen-bond acceptors (Lipinski definition) is 2. The van der Waals surface area contributed by atoms with Crippen molar-refractivity contribution >= 4 is 10.9 Å². The third-order valence-corrected chi connectivity index (χ3v) is 4.15. The fourth-order valence-electron chi connectivity index (χ4n) is 2.96. The van der Waals surface area contributed by atoms with Gasteiger partial charge in [0.1, 0.15) is 5.82 Å². The van der Waals surface area contributed by atoms with Crippen LogP contribution in [-0.4, -0.2) is 35.6 Å². The van der Waals surface area contributed by atoms with Crippen LogP contribution in [0.25, 0.3) is 10.9 Å². The zero-order valence-corrected chi connectivity index (χ0v) is 11.5. The molecule has 0 atom stereocenters. The molecule has 1 aromatic heterocycles. The van der Waals surface area contributed by atoms with Gasteiger partial charge in [-0.2, -0.15) is 0 Å². The molecule has 2 heterocycles. The van der Waals surface area contributed by atoms with Crippen LogP contribution in [-0.2, 0) is 13.6 Å². The predicted octanol–water partition coefficient (Wildman–Crippen LogP) is 2.03. The van der Waals surface area contributed by atoms with Crippen LogP contribution in [0.15, 0.2) is 18.2 Å². The van der Waals surface area contributed by atoms with Crippen molar-refractivity contribution in [3.8, 4) is 0 Å². The first-order chi connectivity index (χ1) is 9.16. The predicted molar refractivity (Wildman–Crippen MR) is 75.8 cm³/mol. The third kappa shape index (κ3) is 2.26. The number of nitrogens with zero attached hydrogens (tertiary/aromatic N) is 2. The molecule has 1 aromatic carbocycles. The summed E-state index contributed by atoms with van der Waals surface area (Å²) < 4.78 is 15.5. The minimum Gasteiger partial charge on any atom is -0.346 e. The van der Waals surface area contributed by atoms with Crippen molar-refractivity contribution in [1.29, 1.82) is 0 Å². The molecule has 0 aliphatic carbocycles. The molecule has 4 heteroatoms. The summed E-state index contributed by atoms with van der Waals surface area (Å²) in [4.78, 5) is 2.45. The van der Waals surface area contributed by atoms with Crippen molar-refractivity contribution in [2.24, 2.45) is 7.05 Å². The number of aromatic nitrogens is 1. The average Bonchev–Trinajstić information content (AvgIpc) is 2.65. The summed E-state index contributed by atoms with van der Waals surface area (Å²) in [7, 11) is 2.03. The normalized spacial score (nSPS) is 17.2. The van der Waals surface area contributed by atoms with Crippen molar-refractivity contribution in [2.45, 2.75) is 13.5 Å². The van der Waals surface area contributed by atoms with Gasteiger partial charge in [-0.3, -0.25) is 4.90 Å². The molecular formula is C15H20FN3. The monoisotopic (exact) mass is 261 g/mol. The summed E-state index contributed by atoms with van der Waals surface area (Å²) in [6.45, 7) is 7.35. The summed E-state index contributed by atoms with van der Waals surface area (Å²) in [5.74, 6) is -0.165. The van der Waals surface area contributed by atoms with Crippen LogP contribution in [0.2, 0.25) is 0 Å². The molecule has 0 unspecified atom stereocenters. The summed E-state index contributed by atoms with van der Waals surface area (Å²) in [6.07, 6.45) is 0. The number of rotatable bonds is 2. The standard InChI is InChI=1S/C15H20FN3/c1-11-13-4-3-12(16)9-14(13)18(2)15(11)10-19-7-5-17-6-8-19/h3-4,9,17H,5-8,10H2,1-2H3. The number of benzene rings is 1. The van der Waals surface area contributed by atoms with Gasteiger partial charge in [-0.05, 0) is 30.7 Å². The maximum atomic E-state index is 13.4. The Morgan fingerprint density at radius 2 is 2.00 bits per heavy atom. The number of hydrogen-bond donors (Lipinski definition) is 1. The minimum absolute atomic E-state index is 0.165. The molecule has 2 aromatic rings. The minimum atomic E-state index is -0.165. The molecule has 3 nitrogen and oxygen atoms in total. The second-order valence-electron chi connectivity index (χ2n) is 5.32. The average molecular weight is 261 g/mol. The second-order valence-corrected chi connectivity index (χ2v) is 5.32. The van der Waals surface area contributed by atoms with E-state index < -0.39 is 0 Å². The fourth-order valence-corrected chi connectivity index (χ4v) is 2.96. The Morgan fingerprint density at radius 3 is 2.74 bits per heavy atom. The molecule has 0 saturated carbocycles. The van der Waals surface area contributed by atoms with Crippen molar-refractivity contribution in [2.75, 3.05) is 26.2 Å². The Bertz CT molecular complexity index is 597. The van der Waals surface area contributed by atoms with Gasteiger partial charge < -0.3 is 9.88 Å². The van der Waals surface area contributed by atoms with E-state index in [1.807, 2.05) is 13.1 Å². The first-order valence-corrected chi connectivity index (χ1v) is 6.83. The molecule has 3 rings (SSSR count). The summed E-state index contributed by atoms with van der Waals surface area (Å²) in [6, 6.07) is 5.06. The summed E-state index contributed by atoms with van der Waals surface area (Å²) in [5.41, 5.74) is 3.56. The molecule has 1 aliphatic rings. The van der Waals surface area contributed by atoms with Crippen LogP contribution in [0.1, 0.15) is 11.3 Å². The summed E-state index contributed by atoms with van der Waals surface area (Å²) in [5, 5.41) is 4.53. The van der Waals surface area contributed by atoms with Gasteiger partial charge in [-0.15, -0.1) is 0 Å². The van der Waals surface area contributed by atoms with E-state index in [-0.39, 0.29) is 5.82 Å². The van der Waals surface area contributed by atoms with Crippen LogP contribution >= 0.6 is 0 Å². The largest absolute Gasteiger partial charge is 0.346 e. The van der Waals surface area contributed by atoms with Crippen molar-refractivity contribution in [3.05, 3.63) is 35.3 Å². The van der Waals surface area contributed by atoms with E-state index in [0.717, 1.165) is 43.6 Å². The number of piperazine rings is 1. The van der Waals surface area contributed by atoms with Gasteiger partial charge in [-0.1, -0.05) is 0 Å². The smallest absolute Gasteiger partial charge is 0.125 e. The van der Waals surface area contributed by atoms with Gasteiger partial charge in [0.25, 0.3) is 0 Å². The molecule has 1 N–H and O–H groups in total. The number of halogens is 1. The van der Waals surface area contributed by atoms with Gasteiger partial charge in [0.2, 0.25) is 0 Å². The Kier molecular flexibility index (Phi) is 3.29. The lowest BCUT2D eigenvalue weighted by atomic mass is 10.1. The van der Waals surface area contributed by atoms with Gasteiger partial charge in [0.05, 0.1) is 5.52 Å². The molecule has 102 valence electrons. The van der Waals surface area contributed by atoms with Crippen LogP contribution in [0, 0.1) is 12.7 Å². The van der Waals surface area contributed by atoms with E-state index >= 15 is 0 Å². The Hall–Kier alpha value is -1.39. The van der Waals surface area contributed by atoms with Gasteiger partial charge in [0, 0.05) is 50.9 Å². The highest BCUT2D eigenvalue weighted by Gasteiger charge is 2.16. The number of nitrogens with one attached hydrogen (secondary N) is 1. The fraction of sp³-hybridized carbons (Fsp3) is 0.467. The lowest BCUT2D eigenvalue weighted by Gasteiger charge is -2.27. The Morgan fingerprint density at radius 1 is 1.26 bits per heavy atom. The zero-order chi connectivity index (χ0) is 13.4. The maximum Gasteiger partial charge on any atom is 0.125 e. The van der Waals surface area contributed by atoms with E-state index in [1.165, 1.54) is 11.3 Å². The van der Waals surface area contributed by atoms with Crippen molar-refractivity contribution < 1.29 is 4.39 Å². The van der Waals surface area contributed by atoms with Crippen molar-refractivity contribution in [3.63, 3.8) is 0 Å². The summed E-state index contributed by atoms with van der Waals surface area (Å²) >= 11 is 0. The van der Waals surface area contributed by atoms with Crippen molar-refractivity contribution in [1.82, 2.24) is 14.8 Å². The van der Waals surface area contributed by atoms with Crippen LogP contribution in [0.4, 0.5) is 4.39 Å². The van der Waals surface area contributed by atoms with Crippen LogP contribution < -0.4 is 5.32 Å². The number of aryl methyl sites for hydroxylation is 2. The molecule has 1 aliphatic heterocycles. The molecule has 1 saturated heterocycles. The zero-order valence-electron chi connectivity index (χ0n) is 11.5.